The summed E-state index contributed by atoms with van der Waals surface area (Å²) in [7, 11) is 0. The zero-order chi connectivity index (χ0) is 26.1. The van der Waals surface area contributed by atoms with E-state index in [1.807, 2.05) is 30.3 Å². The number of rotatable bonds is 12. The predicted molar refractivity (Wildman–Crippen MR) is 126 cm³/mol. The Kier molecular flexibility index (Phi) is 10.2. The Morgan fingerprint density at radius 1 is 1.09 bits per heavy atom. The van der Waals surface area contributed by atoms with Crippen LogP contribution in [0.5, 0.6) is 0 Å². The smallest absolute Gasteiger partial charge is 0.326 e. The van der Waals surface area contributed by atoms with E-state index in [9.17, 15) is 29.1 Å². The van der Waals surface area contributed by atoms with Crippen molar-refractivity contribution in [2.75, 3.05) is 6.54 Å². The number of carbonyl (C=O) groups excluding carboxylic acids is 3. The highest BCUT2D eigenvalue weighted by atomic mass is 16.4. The Morgan fingerprint density at radius 2 is 1.74 bits per heavy atom. The van der Waals surface area contributed by atoms with E-state index in [0.29, 0.717) is 25.8 Å². The molecule has 0 spiro atoms. The maximum absolute atomic E-state index is 13.1. The normalized spacial score (nSPS) is 17.9. The summed E-state index contributed by atoms with van der Waals surface area (Å²) in [5.41, 5.74) is 7.01. The van der Waals surface area contributed by atoms with Crippen LogP contribution in [0.1, 0.15) is 45.1 Å². The van der Waals surface area contributed by atoms with Gasteiger partial charge in [0, 0.05) is 13.0 Å². The molecule has 0 radical (unpaired) electrons. The minimum Gasteiger partial charge on any atom is -0.481 e. The van der Waals surface area contributed by atoms with Crippen LogP contribution in [-0.4, -0.2) is 75.5 Å². The quantitative estimate of drug-likeness (QED) is 0.274. The summed E-state index contributed by atoms with van der Waals surface area (Å²) in [5.74, 6) is -4.62. The first-order valence-corrected chi connectivity index (χ1v) is 11.7. The molecule has 4 atom stereocenters. The molecule has 1 aliphatic heterocycles. The third kappa shape index (κ3) is 8.06. The zero-order valence-corrected chi connectivity index (χ0v) is 20.0. The highest BCUT2D eigenvalue weighted by molar-refractivity contribution is 5.94. The lowest BCUT2D eigenvalue weighted by Crippen LogP contribution is -2.57. The Labute approximate surface area is 204 Å². The van der Waals surface area contributed by atoms with Gasteiger partial charge in [-0.1, -0.05) is 44.2 Å². The van der Waals surface area contributed by atoms with Gasteiger partial charge in [0.2, 0.25) is 17.7 Å². The van der Waals surface area contributed by atoms with Crippen molar-refractivity contribution >= 4 is 29.7 Å². The molecule has 3 amide bonds. The van der Waals surface area contributed by atoms with Crippen molar-refractivity contribution < 1.29 is 34.2 Å². The molecular weight excluding hydrogens is 456 g/mol. The van der Waals surface area contributed by atoms with Crippen molar-refractivity contribution in [3.63, 3.8) is 0 Å². The van der Waals surface area contributed by atoms with Crippen LogP contribution in [0.15, 0.2) is 30.3 Å². The number of carbonyl (C=O) groups is 5. The Morgan fingerprint density at radius 3 is 2.31 bits per heavy atom. The maximum atomic E-state index is 13.1. The summed E-state index contributed by atoms with van der Waals surface area (Å²) in [6, 6.07) is 5.08. The number of nitrogens with two attached hydrogens (primary N) is 1. The first-order valence-electron chi connectivity index (χ1n) is 11.7. The van der Waals surface area contributed by atoms with Gasteiger partial charge in [-0.05, 0) is 37.2 Å². The molecule has 11 heteroatoms. The van der Waals surface area contributed by atoms with E-state index >= 15 is 0 Å². The minimum absolute atomic E-state index is 0.231. The van der Waals surface area contributed by atoms with Crippen LogP contribution in [0, 0.1) is 5.92 Å². The number of benzene rings is 1. The molecule has 0 aliphatic carbocycles. The maximum Gasteiger partial charge on any atom is 0.326 e. The molecular formula is C24H34N4O7. The Balaban J connectivity index is 2.10. The second kappa shape index (κ2) is 12.8. The van der Waals surface area contributed by atoms with E-state index < -0.39 is 60.3 Å². The van der Waals surface area contributed by atoms with Gasteiger partial charge in [-0.25, -0.2) is 4.79 Å². The molecule has 1 saturated heterocycles. The molecule has 11 nitrogen and oxygen atoms in total. The van der Waals surface area contributed by atoms with Gasteiger partial charge in [-0.3, -0.25) is 19.2 Å². The Bertz CT molecular complexity index is 922. The van der Waals surface area contributed by atoms with Gasteiger partial charge in [0.1, 0.15) is 18.1 Å². The number of hydrogen-bond donors (Lipinski definition) is 5. The molecule has 2 rings (SSSR count). The van der Waals surface area contributed by atoms with Crippen LogP contribution in [0.2, 0.25) is 0 Å². The lowest BCUT2D eigenvalue weighted by molar-refractivity contribution is -0.144. The van der Waals surface area contributed by atoms with Gasteiger partial charge in [0.15, 0.2) is 0 Å². The molecule has 4 unspecified atom stereocenters. The van der Waals surface area contributed by atoms with Crippen LogP contribution in [0.25, 0.3) is 0 Å². The van der Waals surface area contributed by atoms with Gasteiger partial charge < -0.3 is 31.5 Å². The number of carboxylic acid groups (broad SMARTS) is 2. The lowest BCUT2D eigenvalue weighted by atomic mass is 10.0. The summed E-state index contributed by atoms with van der Waals surface area (Å²) in [4.78, 5) is 62.7. The van der Waals surface area contributed by atoms with Crippen LogP contribution in [-0.2, 0) is 30.4 Å². The summed E-state index contributed by atoms with van der Waals surface area (Å²) < 4.78 is 0. The van der Waals surface area contributed by atoms with Gasteiger partial charge in [0.25, 0.3) is 0 Å². The van der Waals surface area contributed by atoms with Crippen LogP contribution in [0.4, 0.5) is 0 Å². The SMILES string of the molecule is CC(C)C(NC(=O)C(CCC(=O)O)NC(=O)C1CCCN1C(=O)C(N)Cc1ccccc1)C(=O)O. The highest BCUT2D eigenvalue weighted by Crippen LogP contribution is 2.20. The molecule has 1 aromatic carbocycles. The summed E-state index contributed by atoms with van der Waals surface area (Å²) >= 11 is 0. The fourth-order valence-electron chi connectivity index (χ4n) is 4.04. The number of nitrogens with one attached hydrogen (secondary N) is 2. The monoisotopic (exact) mass is 490 g/mol. The molecule has 1 aromatic rings. The third-order valence-corrected chi connectivity index (χ3v) is 5.96. The minimum atomic E-state index is -1.27. The molecule has 0 aromatic heterocycles. The van der Waals surface area contributed by atoms with E-state index in [1.54, 1.807) is 13.8 Å². The van der Waals surface area contributed by atoms with Crippen molar-refractivity contribution in [2.45, 2.75) is 70.1 Å². The predicted octanol–water partition coefficient (Wildman–Crippen LogP) is 0.122. The highest BCUT2D eigenvalue weighted by Gasteiger charge is 2.38. The third-order valence-electron chi connectivity index (χ3n) is 5.96. The van der Waals surface area contributed by atoms with Gasteiger partial charge in [0.05, 0.1) is 6.04 Å². The van der Waals surface area contributed by atoms with Crippen molar-refractivity contribution in [1.82, 2.24) is 15.5 Å². The number of amides is 3. The molecule has 1 aliphatic rings. The van der Waals surface area contributed by atoms with Crippen molar-refractivity contribution in [3.05, 3.63) is 35.9 Å². The number of aliphatic carboxylic acids is 2. The molecule has 192 valence electrons. The van der Waals surface area contributed by atoms with E-state index in [0.717, 1.165) is 5.56 Å². The van der Waals surface area contributed by atoms with Crippen molar-refractivity contribution in [3.8, 4) is 0 Å². The van der Waals surface area contributed by atoms with Crippen molar-refractivity contribution in [2.24, 2.45) is 11.7 Å². The fraction of sp³-hybridized carbons (Fsp3) is 0.542. The fourth-order valence-corrected chi connectivity index (χ4v) is 4.04. The largest absolute Gasteiger partial charge is 0.481 e. The second-order valence-electron chi connectivity index (χ2n) is 9.05. The molecule has 1 heterocycles. The number of nitrogens with zero attached hydrogens (tertiary/aromatic N) is 1. The van der Waals surface area contributed by atoms with Crippen molar-refractivity contribution in [1.29, 1.82) is 0 Å². The standard InChI is InChI=1S/C24H34N4O7/c1-14(2)20(24(34)35)27-21(31)17(10-11-19(29)30)26-22(32)18-9-6-12-28(18)23(33)16(25)13-15-7-4-3-5-8-15/h3-5,7-8,14,16-18,20H,6,9-13,25H2,1-2H3,(H,26,32)(H,27,31)(H,29,30)(H,34,35). The van der Waals surface area contributed by atoms with Crippen LogP contribution in [0.3, 0.4) is 0 Å². The van der Waals surface area contributed by atoms with Crippen LogP contribution < -0.4 is 16.4 Å². The summed E-state index contributed by atoms with van der Waals surface area (Å²) in [6.07, 6.45) is 0.605. The molecule has 1 fully saturated rings. The number of likely N-dealkylation sites (tertiary alicyclic amines) is 1. The molecule has 0 bridgehead atoms. The van der Waals surface area contributed by atoms with Crippen LogP contribution >= 0.6 is 0 Å². The first-order chi connectivity index (χ1) is 16.5. The topological polar surface area (TPSA) is 179 Å². The summed E-state index contributed by atoms with van der Waals surface area (Å²) in [6.45, 7) is 3.56. The molecule has 6 N–H and O–H groups in total. The van der Waals surface area contributed by atoms with Gasteiger partial charge in [-0.2, -0.15) is 0 Å². The van der Waals surface area contributed by atoms with E-state index in [-0.39, 0.29) is 12.3 Å². The Hall–Kier alpha value is -3.47. The number of carboxylic acids is 2. The van der Waals surface area contributed by atoms with Gasteiger partial charge >= 0.3 is 11.9 Å². The molecule has 0 saturated carbocycles. The van der Waals surface area contributed by atoms with E-state index in [4.69, 9.17) is 10.8 Å². The average molecular weight is 491 g/mol. The summed E-state index contributed by atoms with van der Waals surface area (Å²) in [5, 5.41) is 23.3. The van der Waals surface area contributed by atoms with E-state index in [2.05, 4.69) is 10.6 Å². The molecule has 35 heavy (non-hydrogen) atoms. The lowest BCUT2D eigenvalue weighted by Gasteiger charge is -2.29. The first kappa shape index (κ1) is 27.8. The van der Waals surface area contributed by atoms with E-state index in [1.165, 1.54) is 4.90 Å². The second-order valence-corrected chi connectivity index (χ2v) is 9.05. The number of hydrogen-bond acceptors (Lipinski definition) is 6. The zero-order valence-electron chi connectivity index (χ0n) is 20.0. The van der Waals surface area contributed by atoms with Gasteiger partial charge in [-0.15, -0.1) is 0 Å². The average Bonchev–Trinajstić information content (AvgIpc) is 3.29.